The molecule has 0 saturated heterocycles. The van der Waals surface area contributed by atoms with Gasteiger partial charge in [0.2, 0.25) is 0 Å². The summed E-state index contributed by atoms with van der Waals surface area (Å²) in [6.45, 7) is 3.78. The quantitative estimate of drug-likeness (QED) is 0.121. The van der Waals surface area contributed by atoms with Gasteiger partial charge in [-0.15, -0.1) is 0 Å². The van der Waals surface area contributed by atoms with Crippen molar-refractivity contribution < 1.29 is 9.47 Å². The average Bonchev–Trinajstić information content (AvgIpc) is 2.95. The fourth-order valence-electron chi connectivity index (χ4n) is 4.11. The van der Waals surface area contributed by atoms with Gasteiger partial charge in [-0.1, -0.05) is 70.4 Å². The van der Waals surface area contributed by atoms with E-state index < -0.39 is 0 Å². The van der Waals surface area contributed by atoms with Gasteiger partial charge < -0.3 is 9.47 Å². The lowest BCUT2D eigenvalue weighted by Gasteiger charge is -2.07. The van der Waals surface area contributed by atoms with Crippen molar-refractivity contribution in [1.29, 1.82) is 0 Å². The molecule has 3 rings (SSSR count). The summed E-state index contributed by atoms with van der Waals surface area (Å²) in [6, 6.07) is 20.1. The van der Waals surface area contributed by atoms with Crippen molar-refractivity contribution in [3.63, 3.8) is 0 Å². The number of aromatic nitrogens is 1. The number of hydrogen-bond acceptors (Lipinski definition) is 5. The first-order chi connectivity index (χ1) is 18.3. The molecule has 0 atom stereocenters. The summed E-state index contributed by atoms with van der Waals surface area (Å²) in [4.78, 5) is 4.00. The van der Waals surface area contributed by atoms with Crippen molar-refractivity contribution in [2.75, 3.05) is 13.2 Å². The van der Waals surface area contributed by atoms with Gasteiger partial charge in [-0.25, -0.2) is 0 Å². The molecule has 0 saturated carbocycles. The second-order valence-corrected chi connectivity index (χ2v) is 9.53. The summed E-state index contributed by atoms with van der Waals surface area (Å²) in [5.41, 5.74) is 3.09. The fourth-order valence-corrected chi connectivity index (χ4v) is 4.11. The minimum absolute atomic E-state index is 0.755. The third kappa shape index (κ3) is 12.5. The number of pyridine rings is 1. The molecule has 0 radical (unpaired) electrons. The summed E-state index contributed by atoms with van der Waals surface area (Å²) in [5, 5.41) is 8.74. The maximum Gasteiger partial charge on any atom is 0.122 e. The molecule has 1 aromatic heterocycles. The summed E-state index contributed by atoms with van der Waals surface area (Å²) in [5.74, 6) is 1.79. The molecule has 198 valence electrons. The molecular formula is C32H43N3O2. The average molecular weight is 502 g/mol. The molecule has 0 aliphatic rings. The molecule has 2 aromatic carbocycles. The van der Waals surface area contributed by atoms with Gasteiger partial charge in [-0.2, -0.15) is 10.2 Å². The van der Waals surface area contributed by atoms with Crippen LogP contribution < -0.4 is 9.47 Å². The molecule has 37 heavy (non-hydrogen) atoms. The van der Waals surface area contributed by atoms with E-state index in [9.17, 15) is 0 Å². The summed E-state index contributed by atoms with van der Waals surface area (Å²) < 4.78 is 11.6. The zero-order chi connectivity index (χ0) is 25.8. The van der Waals surface area contributed by atoms with Crippen molar-refractivity contribution in [3.8, 4) is 11.5 Å². The van der Waals surface area contributed by atoms with Gasteiger partial charge in [0.05, 0.1) is 24.6 Å². The van der Waals surface area contributed by atoms with E-state index in [1.165, 1.54) is 63.4 Å². The Morgan fingerprint density at radius 2 is 1.03 bits per heavy atom. The van der Waals surface area contributed by atoms with E-state index in [2.05, 4.69) is 46.4 Å². The topological polar surface area (TPSA) is 56.1 Å². The summed E-state index contributed by atoms with van der Waals surface area (Å²) >= 11 is 0. The van der Waals surface area contributed by atoms with Crippen LogP contribution in [0, 0.1) is 0 Å². The van der Waals surface area contributed by atoms with E-state index in [4.69, 9.17) is 9.47 Å². The lowest BCUT2D eigenvalue weighted by molar-refractivity contribution is 0.299. The maximum atomic E-state index is 5.89. The molecule has 0 bridgehead atoms. The van der Waals surface area contributed by atoms with Crippen LogP contribution in [0.5, 0.6) is 11.5 Å². The van der Waals surface area contributed by atoms with Crippen LogP contribution >= 0.6 is 0 Å². The van der Waals surface area contributed by atoms with Gasteiger partial charge in [0.15, 0.2) is 0 Å². The van der Waals surface area contributed by atoms with E-state index in [-0.39, 0.29) is 0 Å². The zero-order valence-electron chi connectivity index (χ0n) is 22.5. The Morgan fingerprint density at radius 3 is 1.59 bits per heavy atom. The normalized spacial score (nSPS) is 11.2. The van der Waals surface area contributed by atoms with Gasteiger partial charge in [-0.3, -0.25) is 4.98 Å². The number of unbranched alkanes of at least 4 members (excludes halogenated alkanes) is 9. The van der Waals surface area contributed by atoms with Crippen molar-refractivity contribution in [3.05, 3.63) is 78.6 Å². The van der Waals surface area contributed by atoms with E-state index in [1.807, 2.05) is 36.4 Å². The smallest absolute Gasteiger partial charge is 0.122 e. The minimum Gasteiger partial charge on any atom is -0.494 e. The van der Waals surface area contributed by atoms with Gasteiger partial charge in [0.1, 0.15) is 11.5 Å². The highest BCUT2D eigenvalue weighted by Crippen LogP contribution is 2.22. The van der Waals surface area contributed by atoms with Gasteiger partial charge >= 0.3 is 0 Å². The first-order valence-corrected chi connectivity index (χ1v) is 14.1. The molecule has 5 nitrogen and oxygen atoms in total. The third-order valence-corrected chi connectivity index (χ3v) is 6.35. The van der Waals surface area contributed by atoms with Crippen LogP contribution in [0.1, 0.15) is 83.1 Å². The standard InChI is InChI=1S/C32H43N3O2/c1-2-3-4-10-13-28-14-16-29(17-15-28)34-35-30-18-20-31(21-19-30)36-26-11-8-6-5-7-9-12-27-37-32-22-24-33-25-23-32/h14-25H,2-13,26-27H2,1H3. The monoisotopic (exact) mass is 501 g/mol. The van der Waals surface area contributed by atoms with Crippen molar-refractivity contribution in [2.45, 2.75) is 84.0 Å². The largest absolute Gasteiger partial charge is 0.494 e. The number of ether oxygens (including phenoxy) is 2. The highest BCUT2D eigenvalue weighted by Gasteiger charge is 1.98. The van der Waals surface area contributed by atoms with Crippen LogP contribution in [0.2, 0.25) is 0 Å². The molecule has 0 fully saturated rings. The molecule has 3 aromatic rings. The van der Waals surface area contributed by atoms with Gasteiger partial charge in [0, 0.05) is 12.4 Å². The van der Waals surface area contributed by atoms with Gasteiger partial charge in [-0.05, 0) is 79.8 Å². The SMILES string of the molecule is CCCCCCc1ccc(N=Nc2ccc(OCCCCCCCCCOc3ccncc3)cc2)cc1. The predicted octanol–water partition coefficient (Wildman–Crippen LogP) is 9.81. The number of aryl methyl sites for hydroxylation is 1. The molecule has 0 amide bonds. The van der Waals surface area contributed by atoms with Crippen molar-refractivity contribution >= 4 is 11.4 Å². The van der Waals surface area contributed by atoms with Gasteiger partial charge in [0.25, 0.3) is 0 Å². The lowest BCUT2D eigenvalue weighted by Crippen LogP contribution is -1.98. The van der Waals surface area contributed by atoms with Crippen LogP contribution in [0.15, 0.2) is 83.3 Å². The first kappa shape index (κ1) is 28.4. The van der Waals surface area contributed by atoms with Crippen LogP contribution in [0.25, 0.3) is 0 Å². The Labute approximate surface area is 223 Å². The highest BCUT2D eigenvalue weighted by atomic mass is 16.5. The van der Waals surface area contributed by atoms with Crippen molar-refractivity contribution in [2.24, 2.45) is 10.2 Å². The minimum atomic E-state index is 0.755. The fraction of sp³-hybridized carbons (Fsp3) is 0.469. The van der Waals surface area contributed by atoms with E-state index in [0.29, 0.717) is 0 Å². The summed E-state index contributed by atoms with van der Waals surface area (Å²) in [6.07, 6.45) is 18.2. The van der Waals surface area contributed by atoms with E-state index >= 15 is 0 Å². The number of benzene rings is 2. The molecule has 0 spiro atoms. The third-order valence-electron chi connectivity index (χ3n) is 6.35. The number of rotatable bonds is 19. The van der Waals surface area contributed by atoms with Crippen LogP contribution in [0.4, 0.5) is 11.4 Å². The number of nitrogens with zero attached hydrogens (tertiary/aromatic N) is 3. The van der Waals surface area contributed by atoms with Crippen LogP contribution in [0.3, 0.4) is 0 Å². The Morgan fingerprint density at radius 1 is 0.541 bits per heavy atom. The molecular weight excluding hydrogens is 458 g/mol. The Kier molecular flexibility index (Phi) is 13.9. The van der Waals surface area contributed by atoms with E-state index in [0.717, 1.165) is 55.4 Å². The summed E-state index contributed by atoms with van der Waals surface area (Å²) in [7, 11) is 0. The lowest BCUT2D eigenvalue weighted by atomic mass is 10.1. The molecule has 0 aliphatic heterocycles. The first-order valence-electron chi connectivity index (χ1n) is 14.1. The Hall–Kier alpha value is -3.21. The number of hydrogen-bond donors (Lipinski definition) is 0. The Balaban J connectivity index is 1.20. The second-order valence-electron chi connectivity index (χ2n) is 9.53. The Bertz CT molecular complexity index is 989. The van der Waals surface area contributed by atoms with E-state index in [1.54, 1.807) is 12.4 Å². The van der Waals surface area contributed by atoms with Crippen LogP contribution in [-0.4, -0.2) is 18.2 Å². The number of azo groups is 1. The maximum absolute atomic E-state index is 5.89. The predicted molar refractivity (Wildman–Crippen MR) is 152 cm³/mol. The molecule has 0 N–H and O–H groups in total. The molecule has 1 heterocycles. The van der Waals surface area contributed by atoms with Crippen LogP contribution in [-0.2, 0) is 6.42 Å². The highest BCUT2D eigenvalue weighted by molar-refractivity contribution is 5.43. The molecule has 0 unspecified atom stereocenters. The molecule has 5 heteroatoms. The van der Waals surface area contributed by atoms with Crippen molar-refractivity contribution in [1.82, 2.24) is 4.98 Å². The zero-order valence-corrected chi connectivity index (χ0v) is 22.5. The second kappa shape index (κ2) is 18.1. The molecule has 0 aliphatic carbocycles.